The minimum absolute atomic E-state index is 0.781. The first kappa shape index (κ1) is 14.9. The Hall–Kier alpha value is -2.62. The molecule has 0 fully saturated rings. The van der Waals surface area contributed by atoms with Gasteiger partial charge < -0.3 is 5.32 Å². The molecule has 0 bridgehead atoms. The van der Waals surface area contributed by atoms with E-state index in [1.165, 1.54) is 24.0 Å². The Balaban J connectivity index is 1.81. The first-order valence-electron chi connectivity index (χ1n) is 8.63. The van der Waals surface area contributed by atoms with Crippen molar-refractivity contribution in [3.63, 3.8) is 0 Å². The van der Waals surface area contributed by atoms with Crippen LogP contribution in [0, 0.1) is 6.92 Å². The van der Waals surface area contributed by atoms with E-state index in [0.29, 0.717) is 0 Å². The third-order valence-corrected chi connectivity index (χ3v) is 4.63. The van der Waals surface area contributed by atoms with Gasteiger partial charge in [0.05, 0.1) is 11.4 Å². The van der Waals surface area contributed by atoms with Crippen LogP contribution in [0.3, 0.4) is 0 Å². The molecule has 3 aromatic rings. The lowest BCUT2D eigenvalue weighted by Crippen LogP contribution is -2.08. The number of para-hydroxylation sites is 1. The predicted octanol–water partition coefficient (Wildman–Crippen LogP) is 3.91. The van der Waals surface area contributed by atoms with E-state index in [1.54, 1.807) is 0 Å². The van der Waals surface area contributed by atoms with Gasteiger partial charge in [-0.1, -0.05) is 24.3 Å². The van der Waals surface area contributed by atoms with Crippen LogP contribution in [-0.4, -0.2) is 21.3 Å². The Labute approximate surface area is 142 Å². The Morgan fingerprint density at radius 1 is 1.08 bits per heavy atom. The highest BCUT2D eigenvalue weighted by atomic mass is 15.3. The lowest BCUT2D eigenvalue weighted by atomic mass is 10.1. The molecule has 0 saturated carbocycles. The van der Waals surface area contributed by atoms with Gasteiger partial charge >= 0.3 is 0 Å². The van der Waals surface area contributed by atoms with Gasteiger partial charge in [0.15, 0.2) is 0 Å². The summed E-state index contributed by atoms with van der Waals surface area (Å²) in [5, 5.41) is 8.58. The molecule has 0 atom stereocenters. The molecule has 122 valence electrons. The smallest absolute Gasteiger partial charge is 0.133 e. The number of rotatable bonds is 3. The standard InChI is InChI=1S/C20H22N4/c1-15-8-2-3-11-19(15)24-20-17(10-5-7-13-22-20)18(23-24)14-16-9-4-6-12-21-16/h2-4,6,8-9,11-12,22H,5,7,10,13-14H2,1H3. The lowest BCUT2D eigenvalue weighted by Gasteiger charge is -2.11. The van der Waals surface area contributed by atoms with Gasteiger partial charge in [-0.15, -0.1) is 0 Å². The Bertz CT molecular complexity index is 836. The second-order valence-corrected chi connectivity index (χ2v) is 6.35. The summed E-state index contributed by atoms with van der Waals surface area (Å²) < 4.78 is 2.09. The van der Waals surface area contributed by atoms with Crippen molar-refractivity contribution in [1.29, 1.82) is 0 Å². The monoisotopic (exact) mass is 318 g/mol. The van der Waals surface area contributed by atoms with E-state index in [-0.39, 0.29) is 0 Å². The number of aryl methyl sites for hydroxylation is 1. The van der Waals surface area contributed by atoms with Crippen LogP contribution >= 0.6 is 0 Å². The molecule has 3 heterocycles. The normalized spacial score (nSPS) is 13.9. The van der Waals surface area contributed by atoms with E-state index in [9.17, 15) is 0 Å². The molecule has 4 nitrogen and oxygen atoms in total. The van der Waals surface area contributed by atoms with Crippen LogP contribution in [-0.2, 0) is 12.8 Å². The molecule has 1 N–H and O–H groups in total. The zero-order valence-corrected chi connectivity index (χ0v) is 14.0. The van der Waals surface area contributed by atoms with Crippen LogP contribution < -0.4 is 5.32 Å². The highest BCUT2D eigenvalue weighted by molar-refractivity contribution is 5.56. The van der Waals surface area contributed by atoms with E-state index >= 15 is 0 Å². The van der Waals surface area contributed by atoms with Crippen molar-refractivity contribution in [1.82, 2.24) is 14.8 Å². The van der Waals surface area contributed by atoms with Crippen LogP contribution in [0.5, 0.6) is 0 Å². The van der Waals surface area contributed by atoms with E-state index in [0.717, 1.165) is 42.3 Å². The van der Waals surface area contributed by atoms with Gasteiger partial charge in [-0.05, 0) is 49.9 Å². The summed E-state index contributed by atoms with van der Waals surface area (Å²) in [5.74, 6) is 1.16. The first-order valence-corrected chi connectivity index (χ1v) is 8.63. The summed E-state index contributed by atoms with van der Waals surface area (Å²) >= 11 is 0. The molecule has 0 amide bonds. The van der Waals surface area contributed by atoms with Crippen molar-refractivity contribution in [3.8, 4) is 5.69 Å². The summed E-state index contributed by atoms with van der Waals surface area (Å²) in [5.41, 5.74) is 5.94. The van der Waals surface area contributed by atoms with Crippen molar-refractivity contribution in [2.45, 2.75) is 32.6 Å². The molecule has 1 aliphatic rings. The number of hydrogen-bond acceptors (Lipinski definition) is 3. The van der Waals surface area contributed by atoms with E-state index in [4.69, 9.17) is 5.10 Å². The second-order valence-electron chi connectivity index (χ2n) is 6.35. The molecule has 0 spiro atoms. The number of benzene rings is 1. The maximum Gasteiger partial charge on any atom is 0.133 e. The number of fused-ring (bicyclic) bond motifs is 1. The summed E-state index contributed by atoms with van der Waals surface area (Å²) in [6, 6.07) is 14.5. The van der Waals surface area contributed by atoms with Crippen molar-refractivity contribution in [3.05, 3.63) is 71.2 Å². The van der Waals surface area contributed by atoms with E-state index in [2.05, 4.69) is 52.2 Å². The fourth-order valence-electron chi connectivity index (χ4n) is 3.37. The number of hydrogen-bond donors (Lipinski definition) is 1. The average Bonchev–Trinajstić information content (AvgIpc) is 2.79. The van der Waals surface area contributed by atoms with E-state index in [1.807, 2.05) is 18.3 Å². The molecule has 0 unspecified atom stereocenters. The predicted molar refractivity (Wildman–Crippen MR) is 96.8 cm³/mol. The molecule has 1 aromatic carbocycles. The number of aromatic nitrogens is 3. The van der Waals surface area contributed by atoms with Crippen molar-refractivity contribution in [2.75, 3.05) is 11.9 Å². The van der Waals surface area contributed by atoms with Gasteiger partial charge in [-0.25, -0.2) is 4.68 Å². The van der Waals surface area contributed by atoms with Crippen LogP contribution in [0.4, 0.5) is 5.82 Å². The average molecular weight is 318 g/mol. The maximum absolute atomic E-state index is 4.97. The van der Waals surface area contributed by atoms with Gasteiger partial charge in [0.25, 0.3) is 0 Å². The zero-order chi connectivity index (χ0) is 16.4. The molecule has 2 aromatic heterocycles. The molecular weight excluding hydrogens is 296 g/mol. The van der Waals surface area contributed by atoms with Crippen molar-refractivity contribution in [2.24, 2.45) is 0 Å². The highest BCUT2D eigenvalue weighted by Gasteiger charge is 2.21. The fourth-order valence-corrected chi connectivity index (χ4v) is 3.37. The van der Waals surface area contributed by atoms with Crippen molar-refractivity contribution < 1.29 is 0 Å². The van der Waals surface area contributed by atoms with Crippen LogP contribution in [0.1, 0.15) is 35.4 Å². The van der Waals surface area contributed by atoms with Crippen LogP contribution in [0.15, 0.2) is 48.7 Å². The minimum Gasteiger partial charge on any atom is -0.370 e. The molecule has 0 aliphatic carbocycles. The lowest BCUT2D eigenvalue weighted by molar-refractivity contribution is 0.765. The third-order valence-electron chi connectivity index (χ3n) is 4.63. The van der Waals surface area contributed by atoms with Gasteiger partial charge in [-0.3, -0.25) is 4.98 Å². The minimum atomic E-state index is 0.781. The third kappa shape index (κ3) is 2.80. The molecule has 4 rings (SSSR count). The van der Waals surface area contributed by atoms with Gasteiger partial charge in [0.1, 0.15) is 5.82 Å². The van der Waals surface area contributed by atoms with Gasteiger partial charge in [-0.2, -0.15) is 5.10 Å². The van der Waals surface area contributed by atoms with Crippen molar-refractivity contribution >= 4 is 5.82 Å². The number of pyridine rings is 1. The molecular formula is C20H22N4. The quantitative estimate of drug-likeness (QED) is 0.796. The molecule has 1 aliphatic heterocycles. The van der Waals surface area contributed by atoms with Gasteiger partial charge in [0.2, 0.25) is 0 Å². The van der Waals surface area contributed by atoms with Crippen LogP contribution in [0.2, 0.25) is 0 Å². The summed E-state index contributed by atoms with van der Waals surface area (Å²) in [6.07, 6.45) is 6.12. The summed E-state index contributed by atoms with van der Waals surface area (Å²) in [4.78, 5) is 4.48. The summed E-state index contributed by atoms with van der Waals surface area (Å²) in [7, 11) is 0. The number of nitrogens with zero attached hydrogens (tertiary/aromatic N) is 3. The van der Waals surface area contributed by atoms with E-state index < -0.39 is 0 Å². The largest absolute Gasteiger partial charge is 0.370 e. The SMILES string of the molecule is Cc1ccccc1-n1nc(Cc2ccccn2)c2c1NCCCC2. The Morgan fingerprint density at radius 3 is 2.79 bits per heavy atom. The molecule has 0 saturated heterocycles. The maximum atomic E-state index is 4.97. The molecule has 24 heavy (non-hydrogen) atoms. The molecule has 0 radical (unpaired) electrons. The Morgan fingerprint density at radius 2 is 1.96 bits per heavy atom. The molecule has 4 heteroatoms. The summed E-state index contributed by atoms with van der Waals surface area (Å²) in [6.45, 7) is 3.14. The van der Waals surface area contributed by atoms with Crippen LogP contribution in [0.25, 0.3) is 5.69 Å². The fraction of sp³-hybridized carbons (Fsp3) is 0.300. The first-order chi connectivity index (χ1) is 11.8. The highest BCUT2D eigenvalue weighted by Crippen LogP contribution is 2.30. The second kappa shape index (κ2) is 6.48. The zero-order valence-electron chi connectivity index (χ0n) is 14.0. The topological polar surface area (TPSA) is 42.7 Å². The number of anilines is 1. The Kier molecular flexibility index (Phi) is 4.03. The number of nitrogens with one attached hydrogen (secondary N) is 1. The van der Waals surface area contributed by atoms with Gasteiger partial charge in [0, 0.05) is 30.4 Å².